The fourth-order valence-electron chi connectivity index (χ4n) is 1.97. The van der Waals surface area contributed by atoms with Crippen LogP contribution in [-0.2, 0) is 20.1 Å². The lowest BCUT2D eigenvalue weighted by Crippen LogP contribution is -2.30. The molecule has 1 aromatic carbocycles. The van der Waals surface area contributed by atoms with Crippen LogP contribution in [0.4, 0.5) is 0 Å². The summed E-state index contributed by atoms with van der Waals surface area (Å²) in [4.78, 5) is 0. The maximum absolute atomic E-state index is 12.1. The van der Waals surface area contributed by atoms with Gasteiger partial charge in [-0.25, -0.2) is 0 Å². The Kier molecular flexibility index (Phi) is 3.92. The van der Waals surface area contributed by atoms with Gasteiger partial charge in [-0.15, -0.1) is 0 Å². The number of hydrogen-bond donors (Lipinski definition) is 0. The van der Waals surface area contributed by atoms with Gasteiger partial charge in [-0.2, -0.15) is 8.42 Å². The molecule has 0 aliphatic heterocycles. The van der Waals surface area contributed by atoms with Crippen molar-refractivity contribution in [2.24, 2.45) is 0 Å². The zero-order valence-corrected chi connectivity index (χ0v) is 12.0. The van der Waals surface area contributed by atoms with Gasteiger partial charge >= 0.3 is 0 Å². The van der Waals surface area contributed by atoms with Crippen molar-refractivity contribution in [3.8, 4) is 0 Å². The molecule has 1 aromatic rings. The van der Waals surface area contributed by atoms with Gasteiger partial charge in [0.25, 0.3) is 10.1 Å². The van der Waals surface area contributed by atoms with Gasteiger partial charge in [-0.05, 0) is 25.8 Å². The molecule has 0 bridgehead atoms. The summed E-state index contributed by atoms with van der Waals surface area (Å²) in [6.45, 7) is 3.77. The lowest BCUT2D eigenvalue weighted by Gasteiger charge is -2.27. The van der Waals surface area contributed by atoms with E-state index in [4.69, 9.17) is 4.18 Å². The minimum absolute atomic E-state index is 0.0973. The molecule has 1 aliphatic rings. The summed E-state index contributed by atoms with van der Waals surface area (Å²) in [5, 5.41) is 0. The molecule has 1 aliphatic carbocycles. The fraction of sp³-hybridized carbons (Fsp3) is 0.333. The Labute approximate surface area is 114 Å². The molecule has 0 heterocycles. The van der Waals surface area contributed by atoms with Crippen LogP contribution in [0, 0.1) is 0 Å². The van der Waals surface area contributed by atoms with E-state index >= 15 is 0 Å². The standard InChI is InChI=1S/C15H18O3S/c1-13-8-10-15(2,11-9-13)18-19(16,17)12-14-6-4-3-5-7-14/h3-10H,11-12H2,1-2H3. The molecule has 1 atom stereocenters. The summed E-state index contributed by atoms with van der Waals surface area (Å²) in [5.41, 5.74) is 1.09. The van der Waals surface area contributed by atoms with Crippen LogP contribution < -0.4 is 0 Å². The second kappa shape index (κ2) is 5.31. The molecule has 0 radical (unpaired) electrons. The molecule has 1 unspecified atom stereocenters. The molecule has 0 saturated carbocycles. The molecule has 4 heteroatoms. The van der Waals surface area contributed by atoms with Gasteiger partial charge in [-0.1, -0.05) is 54.1 Å². The van der Waals surface area contributed by atoms with Crippen molar-refractivity contribution >= 4 is 10.1 Å². The number of benzene rings is 1. The molecule has 0 saturated heterocycles. The maximum Gasteiger partial charge on any atom is 0.272 e. The molecule has 0 amide bonds. The summed E-state index contributed by atoms with van der Waals surface area (Å²) in [6, 6.07) is 9.06. The van der Waals surface area contributed by atoms with Gasteiger partial charge < -0.3 is 0 Å². The van der Waals surface area contributed by atoms with Crippen LogP contribution in [0.15, 0.2) is 54.1 Å². The molecule has 0 aromatic heterocycles. The van der Waals surface area contributed by atoms with E-state index in [-0.39, 0.29) is 5.75 Å². The maximum atomic E-state index is 12.1. The molecule has 2 rings (SSSR count). The first-order chi connectivity index (χ1) is 8.89. The molecule has 3 nitrogen and oxygen atoms in total. The summed E-state index contributed by atoms with van der Waals surface area (Å²) in [7, 11) is -3.59. The van der Waals surface area contributed by atoms with E-state index < -0.39 is 15.7 Å². The van der Waals surface area contributed by atoms with Crippen LogP contribution in [0.5, 0.6) is 0 Å². The SMILES string of the molecule is CC1=CCC(C)(OS(=O)(=O)Cc2ccccc2)C=C1. The number of rotatable bonds is 4. The minimum Gasteiger partial charge on any atom is -0.259 e. The molecular weight excluding hydrogens is 260 g/mol. The highest BCUT2D eigenvalue weighted by atomic mass is 32.2. The van der Waals surface area contributed by atoms with E-state index in [9.17, 15) is 8.42 Å². The highest BCUT2D eigenvalue weighted by Crippen LogP contribution is 2.27. The number of allylic oxidation sites excluding steroid dienone is 2. The third-order valence-corrected chi connectivity index (χ3v) is 4.35. The zero-order valence-electron chi connectivity index (χ0n) is 11.2. The molecule has 19 heavy (non-hydrogen) atoms. The van der Waals surface area contributed by atoms with Gasteiger partial charge in [0.15, 0.2) is 0 Å². The predicted octanol–water partition coefficient (Wildman–Crippen LogP) is 3.20. The first kappa shape index (κ1) is 14.0. The first-order valence-electron chi connectivity index (χ1n) is 6.22. The predicted molar refractivity (Wildman–Crippen MR) is 76.1 cm³/mol. The molecule has 0 spiro atoms. The summed E-state index contributed by atoms with van der Waals surface area (Å²) < 4.78 is 29.5. The van der Waals surface area contributed by atoms with Crippen LogP contribution >= 0.6 is 0 Å². The Hall–Kier alpha value is -1.39. The Morgan fingerprint density at radius 1 is 1.26 bits per heavy atom. The Bertz CT molecular complexity index is 600. The Morgan fingerprint density at radius 2 is 1.95 bits per heavy atom. The van der Waals surface area contributed by atoms with Gasteiger partial charge in [0.2, 0.25) is 0 Å². The third-order valence-electron chi connectivity index (χ3n) is 3.03. The van der Waals surface area contributed by atoms with E-state index in [2.05, 4.69) is 0 Å². The minimum atomic E-state index is -3.59. The number of hydrogen-bond acceptors (Lipinski definition) is 3. The molecule has 102 valence electrons. The van der Waals surface area contributed by atoms with Crippen LogP contribution in [0.3, 0.4) is 0 Å². The smallest absolute Gasteiger partial charge is 0.259 e. The van der Waals surface area contributed by atoms with Crippen molar-refractivity contribution in [3.05, 3.63) is 59.7 Å². The highest BCUT2D eigenvalue weighted by molar-refractivity contribution is 7.85. The van der Waals surface area contributed by atoms with Crippen LogP contribution in [0.2, 0.25) is 0 Å². The van der Waals surface area contributed by atoms with Gasteiger partial charge in [-0.3, -0.25) is 4.18 Å². The van der Waals surface area contributed by atoms with Crippen LogP contribution in [0.25, 0.3) is 0 Å². The third kappa shape index (κ3) is 4.04. The average molecular weight is 278 g/mol. The fourth-order valence-corrected chi connectivity index (χ4v) is 3.33. The van der Waals surface area contributed by atoms with Crippen molar-refractivity contribution in [1.29, 1.82) is 0 Å². The Morgan fingerprint density at radius 3 is 2.53 bits per heavy atom. The van der Waals surface area contributed by atoms with Crippen molar-refractivity contribution in [2.75, 3.05) is 0 Å². The summed E-state index contributed by atoms with van der Waals surface area (Å²) >= 11 is 0. The first-order valence-corrected chi connectivity index (χ1v) is 7.80. The van der Waals surface area contributed by atoms with Crippen LogP contribution in [-0.4, -0.2) is 14.0 Å². The second-order valence-corrected chi connectivity index (χ2v) is 6.64. The zero-order chi connectivity index (χ0) is 13.9. The van der Waals surface area contributed by atoms with E-state index in [1.165, 1.54) is 0 Å². The van der Waals surface area contributed by atoms with Crippen molar-refractivity contribution in [2.45, 2.75) is 31.6 Å². The Balaban J connectivity index is 2.08. The average Bonchev–Trinajstić information content (AvgIpc) is 2.33. The lowest BCUT2D eigenvalue weighted by atomic mass is 9.95. The monoisotopic (exact) mass is 278 g/mol. The van der Waals surface area contributed by atoms with Crippen molar-refractivity contribution < 1.29 is 12.6 Å². The van der Waals surface area contributed by atoms with E-state index in [1.54, 1.807) is 19.1 Å². The van der Waals surface area contributed by atoms with E-state index in [0.29, 0.717) is 6.42 Å². The van der Waals surface area contributed by atoms with Gasteiger partial charge in [0.05, 0.1) is 0 Å². The molecular formula is C15H18O3S. The van der Waals surface area contributed by atoms with Crippen molar-refractivity contribution in [1.82, 2.24) is 0 Å². The largest absolute Gasteiger partial charge is 0.272 e. The molecule has 0 N–H and O–H groups in total. The van der Waals surface area contributed by atoms with E-state index in [1.807, 2.05) is 43.4 Å². The van der Waals surface area contributed by atoms with Gasteiger partial charge in [0.1, 0.15) is 11.4 Å². The van der Waals surface area contributed by atoms with Crippen molar-refractivity contribution in [3.63, 3.8) is 0 Å². The summed E-state index contributed by atoms with van der Waals surface area (Å²) in [6.07, 6.45) is 6.26. The highest BCUT2D eigenvalue weighted by Gasteiger charge is 2.29. The van der Waals surface area contributed by atoms with E-state index in [0.717, 1.165) is 11.1 Å². The second-order valence-electron chi connectivity index (χ2n) is 5.07. The lowest BCUT2D eigenvalue weighted by molar-refractivity contribution is 0.150. The quantitative estimate of drug-likeness (QED) is 0.794. The normalized spacial score (nSPS) is 23.2. The summed E-state index contributed by atoms with van der Waals surface area (Å²) in [5.74, 6) is -0.0973. The topological polar surface area (TPSA) is 43.4 Å². The molecule has 0 fully saturated rings. The van der Waals surface area contributed by atoms with Crippen LogP contribution in [0.1, 0.15) is 25.8 Å². The van der Waals surface area contributed by atoms with Gasteiger partial charge in [0, 0.05) is 0 Å².